The van der Waals surface area contributed by atoms with Crippen LogP contribution in [0.15, 0.2) is 52.0 Å². The van der Waals surface area contributed by atoms with Crippen molar-refractivity contribution in [1.82, 2.24) is 5.32 Å². The minimum absolute atomic E-state index is 0.117. The summed E-state index contributed by atoms with van der Waals surface area (Å²) < 4.78 is 39.7. The predicted octanol–water partition coefficient (Wildman–Crippen LogP) is 2.96. The molecule has 1 aliphatic rings. The molecule has 28 heavy (non-hydrogen) atoms. The number of methoxy groups -OCH3 is 1. The van der Waals surface area contributed by atoms with Crippen molar-refractivity contribution in [3.63, 3.8) is 0 Å². The van der Waals surface area contributed by atoms with E-state index in [1.54, 1.807) is 24.5 Å². The van der Waals surface area contributed by atoms with E-state index >= 15 is 0 Å². The monoisotopic (exact) mass is 401 g/mol. The Bertz CT molecular complexity index is 1100. The summed E-state index contributed by atoms with van der Waals surface area (Å²) in [5.74, 6) is 0.310. The molecule has 1 fully saturated rings. The summed E-state index contributed by atoms with van der Waals surface area (Å²) in [4.78, 5) is 2.32. The van der Waals surface area contributed by atoms with Crippen LogP contribution in [0.25, 0.3) is 11.0 Å². The molecule has 3 aromatic rings. The SMILES string of the molecule is COc1ccc(C)cc1S(=O)(=O)Nc1cc(N2CCNCC2)c2occc2c1. The van der Waals surface area contributed by atoms with Crippen molar-refractivity contribution in [3.8, 4) is 5.75 Å². The first kappa shape index (κ1) is 18.6. The lowest BCUT2D eigenvalue weighted by molar-refractivity contribution is 0.402. The molecule has 2 aromatic carbocycles. The van der Waals surface area contributed by atoms with E-state index in [4.69, 9.17) is 9.15 Å². The average molecular weight is 401 g/mol. The number of aryl methyl sites for hydroxylation is 1. The molecule has 0 spiro atoms. The Balaban J connectivity index is 1.74. The maximum atomic E-state index is 13.1. The molecule has 7 nitrogen and oxygen atoms in total. The van der Waals surface area contributed by atoms with Crippen LogP contribution in [0, 0.1) is 6.92 Å². The van der Waals surface area contributed by atoms with Crippen LogP contribution in [0.3, 0.4) is 0 Å². The third-order valence-corrected chi connectivity index (χ3v) is 6.25. The minimum Gasteiger partial charge on any atom is -0.495 e. The molecule has 148 valence electrons. The molecule has 8 heteroatoms. The van der Waals surface area contributed by atoms with E-state index in [9.17, 15) is 8.42 Å². The molecule has 0 radical (unpaired) electrons. The van der Waals surface area contributed by atoms with E-state index in [1.165, 1.54) is 7.11 Å². The predicted molar refractivity (Wildman–Crippen MR) is 110 cm³/mol. The molecular formula is C20H23N3O4S. The van der Waals surface area contributed by atoms with Gasteiger partial charge in [0.25, 0.3) is 10.0 Å². The molecular weight excluding hydrogens is 378 g/mol. The van der Waals surface area contributed by atoms with Crippen LogP contribution in [0.2, 0.25) is 0 Å². The molecule has 0 amide bonds. The number of sulfonamides is 1. The summed E-state index contributed by atoms with van der Waals surface area (Å²) in [6.45, 7) is 5.26. The average Bonchev–Trinajstić information content (AvgIpc) is 3.16. The topological polar surface area (TPSA) is 83.8 Å². The number of nitrogens with zero attached hydrogens (tertiary/aromatic N) is 1. The third-order valence-electron chi connectivity index (χ3n) is 4.85. The van der Waals surface area contributed by atoms with Gasteiger partial charge in [0.05, 0.1) is 24.7 Å². The highest BCUT2D eigenvalue weighted by Crippen LogP contribution is 2.34. The molecule has 4 rings (SSSR count). The fourth-order valence-electron chi connectivity index (χ4n) is 3.47. The van der Waals surface area contributed by atoms with Crippen molar-refractivity contribution in [3.05, 3.63) is 48.2 Å². The quantitative estimate of drug-likeness (QED) is 0.684. The number of nitrogens with one attached hydrogen (secondary N) is 2. The van der Waals surface area contributed by atoms with Crippen LogP contribution in [0.1, 0.15) is 5.56 Å². The van der Waals surface area contributed by atoms with Gasteiger partial charge in [-0.25, -0.2) is 8.42 Å². The second kappa shape index (κ2) is 7.37. The molecule has 1 aliphatic heterocycles. The van der Waals surface area contributed by atoms with Crippen molar-refractivity contribution in [2.75, 3.05) is 42.9 Å². The lowest BCUT2D eigenvalue weighted by atomic mass is 10.2. The normalized spacial score (nSPS) is 15.0. The maximum absolute atomic E-state index is 13.1. The van der Waals surface area contributed by atoms with Crippen LogP contribution in [-0.4, -0.2) is 41.7 Å². The van der Waals surface area contributed by atoms with Gasteiger partial charge >= 0.3 is 0 Å². The van der Waals surface area contributed by atoms with Gasteiger partial charge in [-0.15, -0.1) is 0 Å². The molecule has 0 saturated carbocycles. The van der Waals surface area contributed by atoms with E-state index in [1.807, 2.05) is 25.1 Å². The van der Waals surface area contributed by atoms with Crippen molar-refractivity contribution in [2.45, 2.75) is 11.8 Å². The first-order valence-corrected chi connectivity index (χ1v) is 10.6. The van der Waals surface area contributed by atoms with E-state index < -0.39 is 10.0 Å². The van der Waals surface area contributed by atoms with Gasteiger partial charge < -0.3 is 19.4 Å². The van der Waals surface area contributed by atoms with Gasteiger partial charge in [-0.3, -0.25) is 4.72 Å². The van der Waals surface area contributed by atoms with Crippen LogP contribution in [0.4, 0.5) is 11.4 Å². The first-order valence-electron chi connectivity index (χ1n) is 9.12. The Kier molecular flexibility index (Phi) is 4.91. The van der Waals surface area contributed by atoms with Crippen LogP contribution in [0.5, 0.6) is 5.75 Å². The zero-order valence-electron chi connectivity index (χ0n) is 15.9. The summed E-state index contributed by atoms with van der Waals surface area (Å²) in [5.41, 5.74) is 2.98. The first-order chi connectivity index (χ1) is 13.5. The van der Waals surface area contributed by atoms with Crippen molar-refractivity contribution in [1.29, 1.82) is 0 Å². The summed E-state index contributed by atoms with van der Waals surface area (Å²) in [5, 5.41) is 4.17. The second-order valence-corrected chi connectivity index (χ2v) is 8.48. The molecule has 0 atom stereocenters. The van der Waals surface area contributed by atoms with Crippen LogP contribution < -0.4 is 19.7 Å². The Labute approximate surface area is 164 Å². The lowest BCUT2D eigenvalue weighted by Gasteiger charge is -2.29. The van der Waals surface area contributed by atoms with Gasteiger partial charge in [0.2, 0.25) is 0 Å². The minimum atomic E-state index is -3.81. The number of rotatable bonds is 5. The number of hydrogen-bond donors (Lipinski definition) is 2. The molecule has 1 saturated heterocycles. The Morgan fingerprint density at radius 1 is 1.14 bits per heavy atom. The molecule has 2 heterocycles. The summed E-state index contributed by atoms with van der Waals surface area (Å²) in [7, 11) is -2.35. The number of anilines is 2. The molecule has 0 bridgehead atoms. The number of ether oxygens (including phenoxy) is 1. The molecule has 0 aliphatic carbocycles. The standard InChI is InChI=1S/C20H23N3O4S/c1-14-3-4-18(26-2)19(11-14)28(24,25)22-16-12-15-5-10-27-20(15)17(13-16)23-8-6-21-7-9-23/h3-5,10-13,21-22H,6-9H2,1-2H3. The van der Waals surface area contributed by atoms with Gasteiger partial charge in [-0.05, 0) is 42.8 Å². The number of fused-ring (bicyclic) bond motifs is 1. The smallest absolute Gasteiger partial charge is 0.265 e. The number of furan rings is 1. The van der Waals surface area contributed by atoms with Gasteiger partial charge in [-0.2, -0.15) is 0 Å². The maximum Gasteiger partial charge on any atom is 0.265 e. The Morgan fingerprint density at radius 2 is 1.93 bits per heavy atom. The van der Waals surface area contributed by atoms with Crippen LogP contribution in [-0.2, 0) is 10.0 Å². The summed E-state index contributed by atoms with van der Waals surface area (Å²) in [6, 6.07) is 10.5. The number of piperazine rings is 1. The summed E-state index contributed by atoms with van der Waals surface area (Å²) in [6.07, 6.45) is 1.62. The van der Waals surface area contributed by atoms with Crippen molar-refractivity contribution >= 4 is 32.4 Å². The number of benzene rings is 2. The van der Waals surface area contributed by atoms with Gasteiger partial charge in [0, 0.05) is 31.6 Å². The molecule has 2 N–H and O–H groups in total. The van der Waals surface area contributed by atoms with E-state index in [-0.39, 0.29) is 4.90 Å². The summed E-state index contributed by atoms with van der Waals surface area (Å²) >= 11 is 0. The lowest BCUT2D eigenvalue weighted by Crippen LogP contribution is -2.43. The van der Waals surface area contributed by atoms with Gasteiger partial charge in [0.1, 0.15) is 10.6 Å². The fraction of sp³-hybridized carbons (Fsp3) is 0.300. The Morgan fingerprint density at radius 3 is 2.68 bits per heavy atom. The zero-order valence-corrected chi connectivity index (χ0v) is 16.7. The Hall–Kier alpha value is -2.71. The fourth-order valence-corrected chi connectivity index (χ4v) is 4.76. The van der Waals surface area contributed by atoms with E-state index in [0.717, 1.165) is 48.4 Å². The third kappa shape index (κ3) is 3.53. The van der Waals surface area contributed by atoms with E-state index in [2.05, 4.69) is 14.9 Å². The van der Waals surface area contributed by atoms with Gasteiger partial charge in [-0.1, -0.05) is 6.07 Å². The second-order valence-electron chi connectivity index (χ2n) is 6.83. The van der Waals surface area contributed by atoms with Gasteiger partial charge in [0.15, 0.2) is 5.58 Å². The highest BCUT2D eigenvalue weighted by atomic mass is 32.2. The molecule has 1 aromatic heterocycles. The van der Waals surface area contributed by atoms with Crippen LogP contribution >= 0.6 is 0 Å². The van der Waals surface area contributed by atoms with E-state index in [0.29, 0.717) is 11.4 Å². The van der Waals surface area contributed by atoms with Crippen molar-refractivity contribution < 1.29 is 17.6 Å². The zero-order chi connectivity index (χ0) is 19.7. The van der Waals surface area contributed by atoms with Crippen molar-refractivity contribution in [2.24, 2.45) is 0 Å². The molecule has 0 unspecified atom stereocenters. The number of hydrogen-bond acceptors (Lipinski definition) is 6. The highest BCUT2D eigenvalue weighted by Gasteiger charge is 2.22. The largest absolute Gasteiger partial charge is 0.495 e. The highest BCUT2D eigenvalue weighted by molar-refractivity contribution is 7.92.